The third kappa shape index (κ3) is 50.1. The van der Waals surface area contributed by atoms with Crippen molar-refractivity contribution in [1.29, 1.82) is 0 Å². The van der Waals surface area contributed by atoms with E-state index in [9.17, 15) is 0 Å². The van der Waals surface area contributed by atoms with Crippen LogP contribution in [0.1, 0.15) is 387 Å². The van der Waals surface area contributed by atoms with E-state index in [1.165, 1.54) is 334 Å². The van der Waals surface area contributed by atoms with Crippen LogP contribution in [0.4, 0.5) is 0 Å². The monoisotopic (exact) mass is 1060 g/mol. The van der Waals surface area contributed by atoms with Crippen LogP contribution in [0.2, 0.25) is 0 Å². The van der Waals surface area contributed by atoms with Crippen LogP contribution in [-0.2, 0) is 0 Å². The van der Waals surface area contributed by atoms with Crippen molar-refractivity contribution >= 4 is 26.3 Å². The number of hydrogen-bond acceptors (Lipinski definition) is 0. The summed E-state index contributed by atoms with van der Waals surface area (Å²) in [6.07, 6.45) is 89.8. The first-order valence-electron chi connectivity index (χ1n) is 32.3. The molecule has 0 bridgehead atoms. The van der Waals surface area contributed by atoms with E-state index in [-0.39, 0.29) is 0 Å². The van der Waals surface area contributed by atoms with Crippen LogP contribution >= 0.6 is 26.3 Å². The van der Waals surface area contributed by atoms with Crippen LogP contribution in [-0.4, -0.2) is 24.6 Å². The smallest absolute Gasteiger partial charge is 0.0654 e. The average Bonchev–Trinajstić information content (AvgIpc) is 3.32. The van der Waals surface area contributed by atoms with Crippen molar-refractivity contribution in [3.63, 3.8) is 0 Å². The molecule has 0 amide bonds. The summed E-state index contributed by atoms with van der Waals surface area (Å²) in [6, 6.07) is 0. The van der Waals surface area contributed by atoms with Gasteiger partial charge in [-0.05, 0) is 0 Å². The maximum absolute atomic E-state index is 3.33. The van der Waals surface area contributed by atoms with E-state index >= 15 is 0 Å². The molecular weight excluding hydrogens is 927 g/mol. The van der Waals surface area contributed by atoms with E-state index in [1.807, 2.05) is 0 Å². The third-order valence-corrected chi connectivity index (χ3v) is 27.8. The molecule has 0 heterocycles. The van der Waals surface area contributed by atoms with Gasteiger partial charge in [0.2, 0.25) is 0 Å². The molecule has 0 aliphatic heterocycles. The molecule has 2 heteroatoms. The van der Waals surface area contributed by atoms with Crippen molar-refractivity contribution in [2.45, 2.75) is 387 Å². The predicted molar refractivity (Wildman–Crippen MR) is 322 cm³/mol. The molecule has 0 rings (SSSR count). The van der Waals surface area contributed by atoms with Crippen LogP contribution in [0.25, 0.3) is 0 Å². The fourth-order valence-electron chi connectivity index (χ4n) is 11.5. The third-order valence-electron chi connectivity index (χ3n) is 16.3. The number of hydrogen-bond donors (Lipinski definition) is 0. The standard InChI is InChI=1S/C64H132IP/c1-5-9-13-17-21-25-29-33-37-41-45-49-53-57-61-66(65,62-58-54-50-46-42-38-34-30-26-22-18-14-10-6-2,63-59-55-51-47-43-39-35-31-27-23-19-15-11-7-3)64-60-56-52-48-44-40-36-32-28-24-20-16-12-8-4/h5-64H2,1-4H3. The van der Waals surface area contributed by atoms with Gasteiger partial charge in [-0.3, -0.25) is 0 Å². The first kappa shape index (κ1) is 67.2. The Morgan fingerprint density at radius 2 is 0.242 bits per heavy atom. The summed E-state index contributed by atoms with van der Waals surface area (Å²) in [5.41, 5.74) is 0. The zero-order chi connectivity index (χ0) is 47.9. The summed E-state index contributed by atoms with van der Waals surface area (Å²) >= 11 is 3.33. The molecule has 0 unspecified atom stereocenters. The molecule has 0 aromatic heterocycles. The molecule has 0 aliphatic carbocycles. The van der Waals surface area contributed by atoms with Gasteiger partial charge in [-0.15, -0.1) is 0 Å². The zero-order valence-corrected chi connectivity index (χ0v) is 50.3. The summed E-state index contributed by atoms with van der Waals surface area (Å²) in [5.74, 6) is 0. The Morgan fingerprint density at radius 1 is 0.152 bits per heavy atom. The van der Waals surface area contributed by atoms with Crippen molar-refractivity contribution in [2.24, 2.45) is 0 Å². The second-order valence-corrected chi connectivity index (χ2v) is 36.7. The minimum atomic E-state index is -1.74. The van der Waals surface area contributed by atoms with E-state index in [0.29, 0.717) is 0 Å². The number of unbranched alkanes of at least 4 members (excludes halogenated alkanes) is 52. The minimum Gasteiger partial charge on any atom is -0.0654 e. The van der Waals surface area contributed by atoms with Crippen LogP contribution in [0.3, 0.4) is 0 Å². The Hall–Kier alpha value is 1.16. The average molecular weight is 1060 g/mol. The molecule has 0 fully saturated rings. The van der Waals surface area contributed by atoms with Gasteiger partial charge in [-0.1, -0.05) is 105 Å². The first-order valence-corrected chi connectivity index (χ1v) is 38.0. The van der Waals surface area contributed by atoms with Crippen molar-refractivity contribution in [3.05, 3.63) is 0 Å². The molecule has 0 atom stereocenters. The Labute approximate surface area is 435 Å². The summed E-state index contributed by atoms with van der Waals surface area (Å²) in [6.45, 7) is 9.34. The first-order chi connectivity index (χ1) is 32.5. The fraction of sp³-hybridized carbons (Fsp3) is 1.00. The molecule has 400 valence electrons. The molecule has 0 spiro atoms. The number of rotatable bonds is 60. The minimum absolute atomic E-state index is 1.37. The van der Waals surface area contributed by atoms with E-state index in [2.05, 4.69) is 49.7 Å². The van der Waals surface area contributed by atoms with Gasteiger partial charge in [0.05, 0.1) is 0 Å². The summed E-state index contributed by atoms with van der Waals surface area (Å²) in [4.78, 5) is 0. The molecule has 0 aromatic carbocycles. The van der Waals surface area contributed by atoms with Gasteiger partial charge >= 0.3 is 333 Å². The van der Waals surface area contributed by atoms with Crippen LogP contribution in [0.15, 0.2) is 0 Å². The van der Waals surface area contributed by atoms with E-state index in [0.717, 1.165) is 0 Å². The van der Waals surface area contributed by atoms with Crippen LogP contribution in [0.5, 0.6) is 0 Å². The fourth-order valence-corrected chi connectivity index (χ4v) is 21.0. The van der Waals surface area contributed by atoms with Crippen molar-refractivity contribution in [3.8, 4) is 0 Å². The zero-order valence-electron chi connectivity index (χ0n) is 47.3. The molecule has 66 heavy (non-hydrogen) atoms. The molecule has 0 saturated carbocycles. The molecule has 0 nitrogen and oxygen atoms in total. The normalized spacial score (nSPS) is 12.7. The Balaban J connectivity index is 5.08. The molecule has 0 aromatic rings. The predicted octanol–water partition coefficient (Wildman–Crippen LogP) is 25.8. The van der Waals surface area contributed by atoms with E-state index in [1.54, 1.807) is 50.3 Å². The van der Waals surface area contributed by atoms with Crippen LogP contribution in [0, 0.1) is 0 Å². The number of halogens is 1. The van der Waals surface area contributed by atoms with Gasteiger partial charge < -0.3 is 0 Å². The van der Waals surface area contributed by atoms with Gasteiger partial charge in [0.25, 0.3) is 0 Å². The quantitative estimate of drug-likeness (QED) is 0.0324. The molecule has 0 aliphatic rings. The Bertz CT molecular complexity index is 730. The van der Waals surface area contributed by atoms with Crippen LogP contribution < -0.4 is 0 Å². The summed E-state index contributed by atoms with van der Waals surface area (Å²) < 4.78 is -1.74. The Kier molecular flexibility index (Phi) is 56.4. The Morgan fingerprint density at radius 3 is 0.348 bits per heavy atom. The van der Waals surface area contributed by atoms with Gasteiger partial charge in [0, 0.05) is 0 Å². The van der Waals surface area contributed by atoms with Crippen molar-refractivity contribution in [2.75, 3.05) is 24.6 Å². The van der Waals surface area contributed by atoms with Gasteiger partial charge in [-0.25, -0.2) is 0 Å². The SMILES string of the molecule is CCCCCCCCCCCCCCCCP(I)(CCCCCCCCCCCCCCCC)(CCCCCCCCCCCCCCCC)CCCCCCCCCCCCCCCC. The summed E-state index contributed by atoms with van der Waals surface area (Å²) in [7, 11) is 0. The molecule has 0 radical (unpaired) electrons. The molecular formula is C64H132IP. The second kappa shape index (κ2) is 55.5. The van der Waals surface area contributed by atoms with Gasteiger partial charge in [0.1, 0.15) is 0 Å². The van der Waals surface area contributed by atoms with E-state index in [4.69, 9.17) is 0 Å². The summed E-state index contributed by atoms with van der Waals surface area (Å²) in [5, 5.41) is 0. The van der Waals surface area contributed by atoms with Gasteiger partial charge in [0.15, 0.2) is 0 Å². The van der Waals surface area contributed by atoms with Gasteiger partial charge in [-0.2, -0.15) is 0 Å². The molecule has 0 N–H and O–H groups in total. The van der Waals surface area contributed by atoms with Crippen molar-refractivity contribution < 1.29 is 0 Å². The molecule has 0 saturated heterocycles. The maximum atomic E-state index is 3.33. The second-order valence-electron chi connectivity index (χ2n) is 23.1. The van der Waals surface area contributed by atoms with Crippen molar-refractivity contribution in [1.82, 2.24) is 0 Å². The van der Waals surface area contributed by atoms with E-state index < -0.39 is 4.25 Å². The topological polar surface area (TPSA) is 0 Å².